The average Bonchev–Trinajstić information content (AvgIpc) is 2.92. The molecule has 0 aliphatic rings. The summed E-state index contributed by atoms with van der Waals surface area (Å²) in [6.45, 7) is 5.16. The Kier molecular flexibility index (Phi) is 27.2. The summed E-state index contributed by atoms with van der Waals surface area (Å²) in [5.74, 6) is -0.570. The van der Waals surface area contributed by atoms with E-state index in [0.29, 0.717) is 24.1 Å². The second-order valence-electron chi connectivity index (χ2n) is 12.8. The standard InChI is InChI=1S/C34H70NO5P/c1-7-9-10-11-12-13-14-15-16-17-18-19-20-21-22-23-24-25-26-27-28-29-30-39-31-33(38-6)32-40-41(36,37)34(8-2)35(3,4)5/h24-25,33-34H,7-23,26-32H2,1-6H3/b25-24-/t33-,34?/m1/s1. The van der Waals surface area contributed by atoms with Crippen molar-refractivity contribution < 1.29 is 27.9 Å². The Morgan fingerprint density at radius 2 is 1.12 bits per heavy atom. The first-order chi connectivity index (χ1) is 19.7. The molecule has 246 valence electrons. The minimum Gasteiger partial charge on any atom is -0.774 e. The molecule has 41 heavy (non-hydrogen) atoms. The van der Waals surface area contributed by atoms with E-state index in [2.05, 4.69) is 19.1 Å². The number of unbranched alkanes of at least 4 members (excludes halogenated alkanes) is 18. The van der Waals surface area contributed by atoms with Crippen LogP contribution >= 0.6 is 7.60 Å². The lowest BCUT2D eigenvalue weighted by atomic mass is 10.0. The predicted octanol–water partition coefficient (Wildman–Crippen LogP) is 9.41. The van der Waals surface area contributed by atoms with E-state index < -0.39 is 13.4 Å². The Labute approximate surface area is 256 Å². The van der Waals surface area contributed by atoms with E-state index in [4.69, 9.17) is 14.0 Å². The van der Waals surface area contributed by atoms with Crippen LogP contribution in [0.1, 0.15) is 149 Å². The van der Waals surface area contributed by atoms with Crippen molar-refractivity contribution in [2.24, 2.45) is 0 Å². The molecule has 0 aromatic heterocycles. The lowest BCUT2D eigenvalue weighted by Gasteiger charge is -2.41. The van der Waals surface area contributed by atoms with E-state index in [-0.39, 0.29) is 12.7 Å². The number of hydrogen-bond acceptors (Lipinski definition) is 5. The van der Waals surface area contributed by atoms with Gasteiger partial charge in [0.05, 0.1) is 34.4 Å². The van der Waals surface area contributed by atoms with Crippen molar-refractivity contribution in [3.8, 4) is 0 Å². The molecular weight excluding hydrogens is 533 g/mol. The fourth-order valence-corrected chi connectivity index (χ4v) is 7.22. The second-order valence-corrected chi connectivity index (χ2v) is 14.8. The molecule has 7 heteroatoms. The number of nitrogens with zero attached hydrogens (tertiary/aromatic N) is 1. The van der Waals surface area contributed by atoms with Crippen molar-refractivity contribution in [3.63, 3.8) is 0 Å². The highest BCUT2D eigenvalue weighted by Gasteiger charge is 2.34. The maximum atomic E-state index is 12.6. The summed E-state index contributed by atoms with van der Waals surface area (Å²) >= 11 is 0. The number of hydrogen-bond donors (Lipinski definition) is 0. The van der Waals surface area contributed by atoms with Crippen LogP contribution < -0.4 is 4.89 Å². The topological polar surface area (TPSA) is 67.8 Å². The summed E-state index contributed by atoms with van der Waals surface area (Å²) in [7, 11) is 3.18. The van der Waals surface area contributed by atoms with Gasteiger partial charge in [-0.05, 0) is 32.1 Å². The highest BCUT2D eigenvalue weighted by atomic mass is 31.2. The van der Waals surface area contributed by atoms with E-state index in [1.165, 1.54) is 109 Å². The van der Waals surface area contributed by atoms with Gasteiger partial charge in [-0.1, -0.05) is 122 Å². The molecular formula is C34H70NO5P. The van der Waals surface area contributed by atoms with Crippen molar-refractivity contribution in [2.45, 2.75) is 161 Å². The van der Waals surface area contributed by atoms with Crippen LogP contribution in [0.25, 0.3) is 0 Å². The smallest absolute Gasteiger partial charge is 0.193 e. The summed E-state index contributed by atoms with van der Waals surface area (Å²) in [4.78, 5) is 12.6. The van der Waals surface area contributed by atoms with Crippen molar-refractivity contribution in [1.29, 1.82) is 0 Å². The zero-order valence-electron chi connectivity index (χ0n) is 28.2. The molecule has 6 nitrogen and oxygen atoms in total. The summed E-state index contributed by atoms with van der Waals surface area (Å²) in [6.07, 6.45) is 31.7. The molecule has 0 bridgehead atoms. The SMILES string of the molecule is CCCCCCCCCCCCCCCCC/C=C\CCCCCOC[C@H](COP(=O)([O-])C(CC)[N+](C)(C)C)OC. The molecule has 0 amide bonds. The molecule has 0 spiro atoms. The Morgan fingerprint density at radius 3 is 1.54 bits per heavy atom. The van der Waals surface area contributed by atoms with Crippen molar-refractivity contribution in [2.75, 3.05) is 48.1 Å². The zero-order valence-corrected chi connectivity index (χ0v) is 29.1. The van der Waals surface area contributed by atoms with E-state index in [1.54, 1.807) is 7.11 Å². The molecule has 3 atom stereocenters. The van der Waals surface area contributed by atoms with Crippen molar-refractivity contribution >= 4 is 7.60 Å². The molecule has 0 aliphatic carbocycles. The fraction of sp³-hybridized carbons (Fsp3) is 0.941. The molecule has 2 unspecified atom stereocenters. The number of allylic oxidation sites excluding steroid dienone is 2. The quantitative estimate of drug-likeness (QED) is 0.0342. The second kappa shape index (κ2) is 27.3. The number of methoxy groups -OCH3 is 1. The van der Waals surface area contributed by atoms with E-state index in [0.717, 1.165) is 19.3 Å². The molecule has 0 aromatic carbocycles. The molecule has 0 rings (SSSR count). The van der Waals surface area contributed by atoms with Crippen LogP contribution in [0, 0.1) is 0 Å². The van der Waals surface area contributed by atoms with E-state index >= 15 is 0 Å². The molecule has 0 saturated heterocycles. The van der Waals surface area contributed by atoms with E-state index in [1.807, 2.05) is 28.1 Å². The summed E-state index contributed by atoms with van der Waals surface area (Å²) < 4.78 is 29.4. The third-order valence-corrected chi connectivity index (χ3v) is 10.3. The van der Waals surface area contributed by atoms with E-state index in [9.17, 15) is 9.46 Å². The predicted molar refractivity (Wildman–Crippen MR) is 174 cm³/mol. The Balaban J connectivity index is 3.55. The molecule has 0 aromatic rings. The van der Waals surface area contributed by atoms with Crippen molar-refractivity contribution in [1.82, 2.24) is 0 Å². The Hall–Kier alpha value is -0.230. The summed E-state index contributed by atoms with van der Waals surface area (Å²) in [5.41, 5.74) is 0. The first kappa shape index (κ1) is 40.8. The van der Waals surface area contributed by atoms with Gasteiger partial charge in [-0.25, -0.2) is 0 Å². The van der Waals surface area contributed by atoms with Gasteiger partial charge in [0.1, 0.15) is 6.10 Å². The molecule has 0 aliphatic heterocycles. The van der Waals surface area contributed by atoms with Crippen LogP contribution in [-0.2, 0) is 18.6 Å². The minimum absolute atomic E-state index is 0.00205. The van der Waals surface area contributed by atoms with Crippen LogP contribution in [0.3, 0.4) is 0 Å². The van der Waals surface area contributed by atoms with Crippen LogP contribution in [0.5, 0.6) is 0 Å². The molecule has 0 saturated carbocycles. The Morgan fingerprint density at radius 1 is 0.683 bits per heavy atom. The van der Waals surface area contributed by atoms with Gasteiger partial charge < -0.3 is 27.9 Å². The molecule has 0 heterocycles. The number of quaternary nitrogens is 1. The minimum atomic E-state index is -3.99. The van der Waals surface area contributed by atoms with Gasteiger partial charge in [-0.3, -0.25) is 0 Å². The average molecular weight is 604 g/mol. The van der Waals surface area contributed by atoms with Gasteiger partial charge in [-0.15, -0.1) is 0 Å². The van der Waals surface area contributed by atoms with Gasteiger partial charge >= 0.3 is 0 Å². The number of rotatable bonds is 31. The van der Waals surface area contributed by atoms with Crippen molar-refractivity contribution in [3.05, 3.63) is 12.2 Å². The first-order valence-corrected chi connectivity index (χ1v) is 18.8. The van der Waals surface area contributed by atoms with Gasteiger partial charge in [0, 0.05) is 20.1 Å². The highest BCUT2D eigenvalue weighted by Crippen LogP contribution is 2.47. The highest BCUT2D eigenvalue weighted by molar-refractivity contribution is 7.51. The largest absolute Gasteiger partial charge is 0.774 e. The lowest BCUT2D eigenvalue weighted by Crippen LogP contribution is -2.47. The van der Waals surface area contributed by atoms with Crippen LogP contribution in [0.4, 0.5) is 0 Å². The Bertz CT molecular complexity index is 637. The maximum absolute atomic E-state index is 12.6. The third kappa shape index (κ3) is 24.9. The summed E-state index contributed by atoms with van der Waals surface area (Å²) in [5, 5.41) is 0. The van der Waals surface area contributed by atoms with Gasteiger partial charge in [-0.2, -0.15) is 0 Å². The van der Waals surface area contributed by atoms with Crippen LogP contribution in [0.2, 0.25) is 0 Å². The van der Waals surface area contributed by atoms with Crippen LogP contribution in [0.15, 0.2) is 12.2 Å². The fourth-order valence-electron chi connectivity index (χ4n) is 5.38. The van der Waals surface area contributed by atoms with Gasteiger partial charge in [0.25, 0.3) is 0 Å². The normalized spacial score (nSPS) is 15.4. The molecule has 0 fully saturated rings. The lowest BCUT2D eigenvalue weighted by molar-refractivity contribution is -0.884. The maximum Gasteiger partial charge on any atom is 0.193 e. The molecule has 0 N–H and O–H groups in total. The number of ether oxygens (including phenoxy) is 2. The summed E-state index contributed by atoms with van der Waals surface area (Å²) in [6, 6.07) is 0. The molecule has 0 radical (unpaired) electrons. The van der Waals surface area contributed by atoms with Gasteiger partial charge in [0.15, 0.2) is 13.4 Å². The third-order valence-electron chi connectivity index (χ3n) is 8.00. The zero-order chi connectivity index (χ0) is 30.7. The monoisotopic (exact) mass is 603 g/mol. The first-order valence-electron chi connectivity index (χ1n) is 17.2. The van der Waals surface area contributed by atoms with Gasteiger partial charge in [0.2, 0.25) is 0 Å². The van der Waals surface area contributed by atoms with Crippen LogP contribution in [-0.4, -0.2) is 64.4 Å².